The van der Waals surface area contributed by atoms with Gasteiger partial charge in [0.2, 0.25) is 5.71 Å². The Kier molecular flexibility index (Phi) is 10.7. The van der Waals surface area contributed by atoms with E-state index in [-0.39, 0.29) is 20.1 Å². The number of hydrogen-bond donors (Lipinski definition) is 0. The van der Waals surface area contributed by atoms with Gasteiger partial charge in [0.1, 0.15) is 0 Å². The van der Waals surface area contributed by atoms with Crippen LogP contribution < -0.4 is 5.19 Å². The number of pyridine rings is 3. The largest absolute Gasteiger partial charge is 0.486 e. The molecule has 6 heteroatoms. The van der Waals surface area contributed by atoms with E-state index in [1.54, 1.807) is 0 Å². The van der Waals surface area contributed by atoms with Crippen molar-refractivity contribution in [2.24, 2.45) is 5.92 Å². The number of aromatic nitrogens is 3. The molecule has 0 saturated heterocycles. The second-order valence-electron chi connectivity index (χ2n) is 13.0. The molecule has 0 spiro atoms. The Morgan fingerprint density at radius 3 is 2.32 bits per heavy atom. The fourth-order valence-electron chi connectivity index (χ4n) is 5.33. The van der Waals surface area contributed by atoms with Gasteiger partial charge in [0, 0.05) is 43.6 Å². The summed E-state index contributed by atoms with van der Waals surface area (Å²) in [5.74, 6) is 1.12. The molecular formula is C38H41IrN3OSi-2. The zero-order valence-corrected chi connectivity index (χ0v) is 30.3. The number of nitrogens with zero attached hydrogens (tertiary/aromatic N) is 3. The van der Waals surface area contributed by atoms with E-state index >= 15 is 0 Å². The van der Waals surface area contributed by atoms with Gasteiger partial charge in [0.05, 0.1) is 13.7 Å². The van der Waals surface area contributed by atoms with Crippen molar-refractivity contribution in [2.45, 2.75) is 66.6 Å². The van der Waals surface area contributed by atoms with E-state index in [2.05, 4.69) is 111 Å². The number of hydrogen-bond acceptors (Lipinski definition) is 4. The Bertz CT molecular complexity index is 1860. The van der Waals surface area contributed by atoms with E-state index in [1.165, 1.54) is 16.3 Å². The third kappa shape index (κ3) is 7.61. The Balaban J connectivity index is 0.000000199. The Labute approximate surface area is 276 Å². The monoisotopic (exact) mass is 776 g/mol. The first kappa shape index (κ1) is 33.4. The van der Waals surface area contributed by atoms with Crippen molar-refractivity contribution in [1.82, 2.24) is 15.0 Å². The van der Waals surface area contributed by atoms with E-state index in [1.807, 2.05) is 49.5 Å². The summed E-state index contributed by atoms with van der Waals surface area (Å²) in [6.07, 6.45) is 5.09. The van der Waals surface area contributed by atoms with Crippen molar-refractivity contribution in [2.75, 3.05) is 0 Å². The number of furan rings is 1. The Morgan fingerprint density at radius 1 is 0.841 bits per heavy atom. The van der Waals surface area contributed by atoms with Crippen molar-refractivity contribution in [3.05, 3.63) is 108 Å². The van der Waals surface area contributed by atoms with E-state index in [9.17, 15) is 0 Å². The molecule has 6 aromatic rings. The van der Waals surface area contributed by atoms with E-state index in [4.69, 9.17) is 4.42 Å². The van der Waals surface area contributed by atoms with Crippen molar-refractivity contribution in [3.8, 4) is 22.5 Å². The minimum absolute atomic E-state index is 0. The summed E-state index contributed by atoms with van der Waals surface area (Å²) < 4.78 is 6.04. The van der Waals surface area contributed by atoms with E-state index < -0.39 is 8.07 Å². The molecular weight excluding hydrogens is 735 g/mol. The number of fused-ring (bicyclic) bond motifs is 3. The van der Waals surface area contributed by atoms with Crippen LogP contribution in [0.15, 0.2) is 83.5 Å². The average Bonchev–Trinajstić information content (AvgIpc) is 3.35. The molecule has 6 rings (SSSR count). The van der Waals surface area contributed by atoms with Gasteiger partial charge in [-0.3, -0.25) is 0 Å². The van der Waals surface area contributed by atoms with Crippen LogP contribution in [-0.4, -0.2) is 23.0 Å². The topological polar surface area (TPSA) is 51.8 Å². The van der Waals surface area contributed by atoms with Gasteiger partial charge in [-0.1, -0.05) is 81.5 Å². The van der Waals surface area contributed by atoms with Gasteiger partial charge >= 0.3 is 0 Å². The molecule has 0 amide bonds. The normalized spacial score (nSPS) is 11.5. The molecule has 44 heavy (non-hydrogen) atoms. The summed E-state index contributed by atoms with van der Waals surface area (Å²) in [7, 11) is -1.34. The van der Waals surface area contributed by atoms with E-state index in [0.717, 1.165) is 51.0 Å². The zero-order valence-electron chi connectivity index (χ0n) is 27.0. The van der Waals surface area contributed by atoms with Gasteiger partial charge in [-0.25, -0.2) is 4.98 Å². The minimum Gasteiger partial charge on any atom is -0.486 e. The van der Waals surface area contributed by atoms with Crippen LogP contribution in [0.5, 0.6) is 0 Å². The summed E-state index contributed by atoms with van der Waals surface area (Å²) in [5, 5.41) is 3.57. The molecule has 4 heterocycles. The Morgan fingerprint density at radius 2 is 1.64 bits per heavy atom. The Hall–Kier alpha value is -3.44. The maximum absolute atomic E-state index is 6.04. The second-order valence-corrected chi connectivity index (χ2v) is 18.0. The smallest absolute Gasteiger partial charge is 0.216 e. The standard InChI is InChI=1S/C20H17N2O.C18H24NSi.Ir/c1-12(2)14-9-10-21-18(11-14)17-6-4-5-15-16-8-7-13(3)22-20(16)23-19(15)17;1-14(2)11-16-12-17(15-9-7-6-8-10-15)19-13-18(16)20(3,4)5;/h4-5,7-12H,1-3H3;6-9,12-14H,11H2,1-5H3;/q2*-1;. The molecule has 0 aliphatic carbocycles. The zero-order chi connectivity index (χ0) is 30.7. The van der Waals surface area contributed by atoms with Crippen LogP contribution in [0.2, 0.25) is 19.6 Å². The molecule has 0 unspecified atom stereocenters. The predicted octanol–water partition coefficient (Wildman–Crippen LogP) is 9.56. The van der Waals surface area contributed by atoms with Crippen LogP contribution in [0.1, 0.15) is 50.4 Å². The van der Waals surface area contributed by atoms with Crippen LogP contribution in [0, 0.1) is 25.0 Å². The number of benzene rings is 2. The van der Waals surface area contributed by atoms with Gasteiger partial charge in [-0.05, 0) is 60.0 Å². The molecule has 0 N–H and O–H groups in total. The maximum Gasteiger partial charge on any atom is 0.216 e. The molecule has 0 aliphatic heterocycles. The molecule has 1 radical (unpaired) electrons. The molecule has 0 bridgehead atoms. The fourth-order valence-corrected chi connectivity index (χ4v) is 6.92. The second kappa shape index (κ2) is 14.1. The third-order valence-corrected chi connectivity index (χ3v) is 9.62. The van der Waals surface area contributed by atoms with Crippen molar-refractivity contribution in [3.63, 3.8) is 0 Å². The summed E-state index contributed by atoms with van der Waals surface area (Å²) >= 11 is 0. The molecule has 229 valence electrons. The minimum atomic E-state index is -1.34. The van der Waals surface area contributed by atoms with Gasteiger partial charge in [-0.2, -0.15) is 0 Å². The summed E-state index contributed by atoms with van der Waals surface area (Å²) in [6.45, 7) is 18.1. The first-order chi connectivity index (χ1) is 20.5. The SMILES string of the molecule is CC(C)Cc1cc(-c2[c-]cccc2)ncc1[Si](C)(C)C.Cc1ccc2c(n1)oc1c(-c3cc(C(C)C)ccn3)[c-]ccc12.[Ir]. The molecule has 4 aromatic heterocycles. The summed E-state index contributed by atoms with van der Waals surface area (Å²) in [5.41, 5.74) is 9.05. The third-order valence-electron chi connectivity index (χ3n) is 7.56. The van der Waals surface area contributed by atoms with Crippen LogP contribution in [0.4, 0.5) is 0 Å². The van der Waals surface area contributed by atoms with Crippen molar-refractivity contribution < 1.29 is 24.5 Å². The quantitative estimate of drug-likeness (QED) is 0.125. The van der Waals surface area contributed by atoms with Gasteiger partial charge in [-0.15, -0.1) is 54.1 Å². The van der Waals surface area contributed by atoms with Crippen LogP contribution in [-0.2, 0) is 26.5 Å². The van der Waals surface area contributed by atoms with Crippen molar-refractivity contribution >= 4 is 35.3 Å². The molecule has 2 aromatic carbocycles. The summed E-state index contributed by atoms with van der Waals surface area (Å²) in [4.78, 5) is 13.7. The first-order valence-corrected chi connectivity index (χ1v) is 18.6. The molecule has 0 fully saturated rings. The van der Waals surface area contributed by atoms with Gasteiger partial charge < -0.3 is 14.4 Å². The average molecular weight is 776 g/mol. The van der Waals surface area contributed by atoms with Crippen LogP contribution >= 0.6 is 0 Å². The maximum atomic E-state index is 6.04. The van der Waals surface area contributed by atoms with Crippen LogP contribution in [0.3, 0.4) is 0 Å². The van der Waals surface area contributed by atoms with Gasteiger partial charge in [0.25, 0.3) is 0 Å². The molecule has 0 aliphatic rings. The van der Waals surface area contributed by atoms with Crippen molar-refractivity contribution in [1.29, 1.82) is 0 Å². The number of aryl methyl sites for hydroxylation is 1. The molecule has 0 saturated carbocycles. The first-order valence-electron chi connectivity index (χ1n) is 15.1. The van der Waals surface area contributed by atoms with Gasteiger partial charge in [0.15, 0.2) is 0 Å². The predicted molar refractivity (Wildman–Crippen MR) is 182 cm³/mol. The molecule has 0 atom stereocenters. The summed E-state index contributed by atoms with van der Waals surface area (Å²) in [6, 6.07) is 29.1. The fraction of sp³-hybridized carbons (Fsp3) is 0.289. The van der Waals surface area contributed by atoms with E-state index in [0.29, 0.717) is 17.5 Å². The van der Waals surface area contributed by atoms with Crippen LogP contribution in [0.25, 0.3) is 44.6 Å². The number of rotatable bonds is 6. The molecule has 4 nitrogen and oxygen atoms in total.